The van der Waals surface area contributed by atoms with Gasteiger partial charge in [-0.15, -0.1) is 0 Å². The van der Waals surface area contributed by atoms with Crippen molar-refractivity contribution in [2.45, 2.75) is 46.1 Å². The fourth-order valence-corrected chi connectivity index (χ4v) is 2.91. The largest absolute Gasteiger partial charge is 0.354 e. The molecule has 1 saturated heterocycles. The number of hydrazine groups is 1. The van der Waals surface area contributed by atoms with Crippen molar-refractivity contribution < 1.29 is 0 Å². The minimum atomic E-state index is 0.661. The predicted molar refractivity (Wildman–Crippen MR) is 87.4 cm³/mol. The van der Waals surface area contributed by atoms with E-state index in [-0.39, 0.29) is 0 Å². The van der Waals surface area contributed by atoms with Gasteiger partial charge in [-0.05, 0) is 19.8 Å². The molecule has 0 saturated carbocycles. The van der Waals surface area contributed by atoms with E-state index in [1.807, 2.05) is 0 Å². The van der Waals surface area contributed by atoms with Gasteiger partial charge >= 0.3 is 0 Å². The molecule has 2 heterocycles. The molecule has 1 aliphatic rings. The predicted octanol–water partition coefficient (Wildman–Crippen LogP) is 1.64. The number of hydrogen-bond acceptors (Lipinski definition) is 6. The highest BCUT2D eigenvalue weighted by Gasteiger charge is 2.23. The van der Waals surface area contributed by atoms with Crippen molar-refractivity contribution in [1.82, 2.24) is 14.9 Å². The van der Waals surface area contributed by atoms with E-state index in [4.69, 9.17) is 5.84 Å². The first kappa shape index (κ1) is 16.0. The van der Waals surface area contributed by atoms with Crippen LogP contribution in [0.2, 0.25) is 0 Å². The van der Waals surface area contributed by atoms with Gasteiger partial charge in [0.15, 0.2) is 0 Å². The molecule has 1 fully saturated rings. The monoisotopic (exact) mass is 292 g/mol. The second-order valence-electron chi connectivity index (χ2n) is 5.70. The fraction of sp³-hybridized carbons (Fsp3) is 0.733. The molecule has 0 spiro atoms. The SMILES string of the molecule is CCCc1c(NN)ncnc1N1CCN(C(C)CC)CC1. The van der Waals surface area contributed by atoms with Crippen LogP contribution in [0.15, 0.2) is 6.33 Å². The number of nitrogens with two attached hydrogens (primary N) is 1. The van der Waals surface area contributed by atoms with Gasteiger partial charge in [0.25, 0.3) is 0 Å². The van der Waals surface area contributed by atoms with Crippen LogP contribution in [0.5, 0.6) is 0 Å². The molecule has 0 amide bonds. The molecule has 2 rings (SSSR count). The summed E-state index contributed by atoms with van der Waals surface area (Å²) in [6.07, 6.45) is 4.81. The Labute approximate surface area is 127 Å². The summed E-state index contributed by atoms with van der Waals surface area (Å²) in [5, 5.41) is 0. The minimum Gasteiger partial charge on any atom is -0.354 e. The van der Waals surface area contributed by atoms with Crippen molar-refractivity contribution in [1.29, 1.82) is 0 Å². The highest BCUT2D eigenvalue weighted by Crippen LogP contribution is 2.25. The van der Waals surface area contributed by atoms with Crippen molar-refractivity contribution in [3.8, 4) is 0 Å². The van der Waals surface area contributed by atoms with Crippen molar-refractivity contribution in [2.75, 3.05) is 36.5 Å². The first-order valence-electron chi connectivity index (χ1n) is 8.00. The number of nitrogen functional groups attached to an aromatic ring is 1. The third kappa shape index (κ3) is 3.63. The van der Waals surface area contributed by atoms with Gasteiger partial charge < -0.3 is 10.3 Å². The molecule has 6 heteroatoms. The Hall–Kier alpha value is -1.40. The zero-order valence-corrected chi connectivity index (χ0v) is 13.5. The van der Waals surface area contributed by atoms with Crippen LogP contribution in [0.25, 0.3) is 0 Å². The lowest BCUT2D eigenvalue weighted by molar-refractivity contribution is 0.192. The lowest BCUT2D eigenvalue weighted by atomic mass is 10.1. The summed E-state index contributed by atoms with van der Waals surface area (Å²) < 4.78 is 0. The maximum absolute atomic E-state index is 5.59. The van der Waals surface area contributed by atoms with Crippen LogP contribution in [0, 0.1) is 0 Å². The molecular weight excluding hydrogens is 264 g/mol. The van der Waals surface area contributed by atoms with Crippen LogP contribution in [0.4, 0.5) is 11.6 Å². The second kappa shape index (κ2) is 7.56. The summed E-state index contributed by atoms with van der Waals surface area (Å²) >= 11 is 0. The molecule has 1 aromatic rings. The Kier molecular flexibility index (Phi) is 5.76. The van der Waals surface area contributed by atoms with E-state index in [0.29, 0.717) is 6.04 Å². The lowest BCUT2D eigenvalue weighted by Gasteiger charge is -2.39. The molecule has 1 atom stereocenters. The molecule has 0 radical (unpaired) electrons. The molecule has 1 unspecified atom stereocenters. The summed E-state index contributed by atoms with van der Waals surface area (Å²) in [7, 11) is 0. The topological polar surface area (TPSA) is 70.3 Å². The van der Waals surface area contributed by atoms with E-state index in [2.05, 4.69) is 46.0 Å². The van der Waals surface area contributed by atoms with Crippen molar-refractivity contribution in [3.63, 3.8) is 0 Å². The lowest BCUT2D eigenvalue weighted by Crippen LogP contribution is -2.50. The third-order valence-corrected chi connectivity index (χ3v) is 4.39. The smallest absolute Gasteiger partial charge is 0.148 e. The Morgan fingerprint density at radius 1 is 1.24 bits per heavy atom. The van der Waals surface area contributed by atoms with Crippen molar-refractivity contribution >= 4 is 11.6 Å². The van der Waals surface area contributed by atoms with Crippen molar-refractivity contribution in [3.05, 3.63) is 11.9 Å². The molecule has 1 aromatic heterocycles. The van der Waals surface area contributed by atoms with Gasteiger partial charge in [-0.2, -0.15) is 0 Å². The van der Waals surface area contributed by atoms with Gasteiger partial charge in [0, 0.05) is 37.8 Å². The van der Waals surface area contributed by atoms with Crippen LogP contribution in [0.3, 0.4) is 0 Å². The molecule has 0 bridgehead atoms. The van der Waals surface area contributed by atoms with E-state index in [1.165, 1.54) is 6.42 Å². The number of nitrogens with zero attached hydrogens (tertiary/aromatic N) is 4. The molecule has 21 heavy (non-hydrogen) atoms. The van der Waals surface area contributed by atoms with E-state index < -0.39 is 0 Å². The Morgan fingerprint density at radius 3 is 2.52 bits per heavy atom. The molecule has 0 aromatic carbocycles. The van der Waals surface area contributed by atoms with Gasteiger partial charge in [0.05, 0.1) is 0 Å². The van der Waals surface area contributed by atoms with Gasteiger partial charge in [-0.25, -0.2) is 15.8 Å². The molecule has 118 valence electrons. The number of anilines is 2. The summed E-state index contributed by atoms with van der Waals surface area (Å²) in [6.45, 7) is 10.9. The normalized spacial score (nSPS) is 17.8. The van der Waals surface area contributed by atoms with Gasteiger partial charge in [0.1, 0.15) is 18.0 Å². The standard InChI is InChI=1S/C15H28N6/c1-4-6-13-14(19-16)17-11-18-15(13)21-9-7-20(8-10-21)12(3)5-2/h11-12H,4-10,16H2,1-3H3,(H,17,18,19). The average molecular weight is 292 g/mol. The number of piperazine rings is 1. The first-order chi connectivity index (χ1) is 10.2. The number of nitrogens with one attached hydrogen (secondary N) is 1. The maximum Gasteiger partial charge on any atom is 0.148 e. The highest BCUT2D eigenvalue weighted by atomic mass is 15.3. The first-order valence-corrected chi connectivity index (χ1v) is 8.00. The molecule has 6 nitrogen and oxygen atoms in total. The second-order valence-corrected chi connectivity index (χ2v) is 5.70. The Balaban J connectivity index is 2.12. The van der Waals surface area contributed by atoms with Crippen LogP contribution in [0.1, 0.15) is 39.2 Å². The van der Waals surface area contributed by atoms with Crippen molar-refractivity contribution in [2.24, 2.45) is 5.84 Å². The highest BCUT2D eigenvalue weighted by molar-refractivity contribution is 5.58. The average Bonchev–Trinajstić information content (AvgIpc) is 2.54. The van der Waals surface area contributed by atoms with Crippen LogP contribution < -0.4 is 16.2 Å². The Bertz CT molecular complexity index is 442. The number of aromatic nitrogens is 2. The number of hydrogen-bond donors (Lipinski definition) is 2. The zero-order chi connectivity index (χ0) is 15.2. The molecule has 1 aliphatic heterocycles. The van der Waals surface area contributed by atoms with Crippen LogP contribution in [-0.4, -0.2) is 47.1 Å². The van der Waals surface area contributed by atoms with E-state index in [9.17, 15) is 0 Å². The van der Waals surface area contributed by atoms with Gasteiger partial charge in [0.2, 0.25) is 0 Å². The van der Waals surface area contributed by atoms with Gasteiger partial charge in [-0.1, -0.05) is 20.3 Å². The number of rotatable bonds is 6. The van der Waals surface area contributed by atoms with E-state index >= 15 is 0 Å². The quantitative estimate of drug-likeness (QED) is 0.613. The van der Waals surface area contributed by atoms with Gasteiger partial charge in [-0.3, -0.25) is 4.90 Å². The van der Waals surface area contributed by atoms with Crippen LogP contribution >= 0.6 is 0 Å². The summed E-state index contributed by atoms with van der Waals surface area (Å²) in [6, 6.07) is 0.661. The minimum absolute atomic E-state index is 0.661. The maximum atomic E-state index is 5.59. The summed E-state index contributed by atoms with van der Waals surface area (Å²) in [5.74, 6) is 7.39. The fourth-order valence-electron chi connectivity index (χ4n) is 2.91. The van der Waals surface area contributed by atoms with Crippen LogP contribution in [-0.2, 0) is 6.42 Å². The van der Waals surface area contributed by atoms with E-state index in [0.717, 1.165) is 56.2 Å². The summed E-state index contributed by atoms with van der Waals surface area (Å²) in [4.78, 5) is 13.7. The third-order valence-electron chi connectivity index (χ3n) is 4.39. The Morgan fingerprint density at radius 2 is 1.95 bits per heavy atom. The molecular formula is C15H28N6. The van der Waals surface area contributed by atoms with E-state index in [1.54, 1.807) is 6.33 Å². The molecule has 0 aliphatic carbocycles. The zero-order valence-electron chi connectivity index (χ0n) is 13.5. The molecule has 3 N–H and O–H groups in total. The summed E-state index contributed by atoms with van der Waals surface area (Å²) in [5.41, 5.74) is 3.85.